The van der Waals surface area contributed by atoms with Crippen molar-refractivity contribution in [2.24, 2.45) is 10.7 Å². The first kappa shape index (κ1) is 28.7. The van der Waals surface area contributed by atoms with E-state index in [1.807, 2.05) is 26.0 Å². The molecule has 3 rings (SSSR count). The highest BCUT2D eigenvalue weighted by Crippen LogP contribution is 2.28. The van der Waals surface area contributed by atoms with Gasteiger partial charge in [-0.05, 0) is 42.2 Å². The summed E-state index contributed by atoms with van der Waals surface area (Å²) in [5.41, 5.74) is 9.33. The Morgan fingerprint density at radius 1 is 1.26 bits per heavy atom. The van der Waals surface area contributed by atoms with Crippen molar-refractivity contribution in [3.05, 3.63) is 70.4 Å². The van der Waals surface area contributed by atoms with Crippen LogP contribution in [0.15, 0.2) is 53.2 Å². The molecule has 2 amide bonds. The molecule has 38 heavy (non-hydrogen) atoms. The van der Waals surface area contributed by atoms with Crippen molar-refractivity contribution in [2.45, 2.75) is 32.5 Å². The fourth-order valence-corrected chi connectivity index (χ4v) is 3.90. The highest BCUT2D eigenvalue weighted by atomic mass is 19.4. The van der Waals surface area contributed by atoms with Crippen LogP contribution < -0.4 is 21.1 Å². The Balaban J connectivity index is 1.92. The first-order valence-electron chi connectivity index (χ1n) is 11.8. The molecule has 0 radical (unpaired) electrons. The third kappa shape index (κ3) is 7.56. The molecule has 0 aromatic heterocycles. The zero-order chi connectivity index (χ0) is 28.0. The predicted molar refractivity (Wildman–Crippen MR) is 135 cm³/mol. The molecule has 12 heteroatoms. The molecule has 0 saturated heterocycles. The molecule has 2 aromatic rings. The number of hydrogen-bond acceptors (Lipinski definition) is 7. The maximum absolute atomic E-state index is 13.2. The van der Waals surface area contributed by atoms with Crippen molar-refractivity contribution in [1.82, 2.24) is 15.7 Å². The van der Waals surface area contributed by atoms with Crippen molar-refractivity contribution in [2.75, 3.05) is 26.7 Å². The minimum Gasteiger partial charge on any atom is -0.484 e. The smallest absolute Gasteiger partial charge is 0.422 e. The van der Waals surface area contributed by atoms with E-state index in [0.717, 1.165) is 5.56 Å². The maximum atomic E-state index is 13.2. The van der Waals surface area contributed by atoms with E-state index in [9.17, 15) is 28.0 Å². The van der Waals surface area contributed by atoms with Crippen LogP contribution in [0.25, 0.3) is 5.70 Å². The van der Waals surface area contributed by atoms with Crippen LogP contribution >= 0.6 is 0 Å². The molecule has 1 aliphatic heterocycles. The SMILES string of the molecule is CCc1cc(OCC(F)(F)F)ccc1C1CN=C(C(NC(=O)CN(C)O)=C(N)c2ccc(C)cc2)C(=O)N1. The van der Waals surface area contributed by atoms with Crippen molar-refractivity contribution < 1.29 is 32.7 Å². The molecule has 1 aliphatic rings. The van der Waals surface area contributed by atoms with E-state index in [0.29, 0.717) is 28.2 Å². The van der Waals surface area contributed by atoms with Crippen molar-refractivity contribution in [1.29, 1.82) is 0 Å². The van der Waals surface area contributed by atoms with Gasteiger partial charge < -0.3 is 26.3 Å². The Labute approximate surface area is 218 Å². The lowest BCUT2D eigenvalue weighted by Crippen LogP contribution is -2.46. The molecule has 0 spiro atoms. The Morgan fingerprint density at radius 3 is 2.53 bits per heavy atom. The number of carbonyl (C=O) groups excluding carboxylic acids is 2. The van der Waals surface area contributed by atoms with Gasteiger partial charge in [0.25, 0.3) is 5.91 Å². The number of nitrogens with one attached hydrogen (secondary N) is 2. The van der Waals surface area contributed by atoms with Crippen LogP contribution in [0.3, 0.4) is 0 Å². The van der Waals surface area contributed by atoms with Crippen LogP contribution in [-0.2, 0) is 16.0 Å². The first-order valence-corrected chi connectivity index (χ1v) is 11.8. The number of hydrogen-bond donors (Lipinski definition) is 4. The maximum Gasteiger partial charge on any atom is 0.422 e. The van der Waals surface area contributed by atoms with Gasteiger partial charge in [0.2, 0.25) is 5.91 Å². The number of nitrogens with zero attached hydrogens (tertiary/aromatic N) is 2. The molecule has 1 heterocycles. The normalized spacial score (nSPS) is 16.5. The summed E-state index contributed by atoms with van der Waals surface area (Å²) in [5, 5.41) is 15.6. The Kier molecular flexibility index (Phi) is 9.13. The second-order valence-electron chi connectivity index (χ2n) is 8.85. The van der Waals surface area contributed by atoms with E-state index >= 15 is 0 Å². The number of hydroxylamine groups is 2. The monoisotopic (exact) mass is 533 g/mol. The van der Waals surface area contributed by atoms with Crippen LogP contribution in [0, 0.1) is 6.92 Å². The number of rotatable bonds is 9. The van der Waals surface area contributed by atoms with Gasteiger partial charge in [0.05, 0.1) is 24.0 Å². The summed E-state index contributed by atoms with van der Waals surface area (Å²) in [4.78, 5) is 30.1. The summed E-state index contributed by atoms with van der Waals surface area (Å²) < 4.78 is 42.4. The van der Waals surface area contributed by atoms with Crippen molar-refractivity contribution >= 4 is 23.2 Å². The topological polar surface area (TPSA) is 129 Å². The van der Waals surface area contributed by atoms with E-state index in [-0.39, 0.29) is 35.9 Å². The van der Waals surface area contributed by atoms with Gasteiger partial charge in [-0.2, -0.15) is 18.2 Å². The summed E-state index contributed by atoms with van der Waals surface area (Å²) in [6.07, 6.45) is -3.97. The molecule has 2 aromatic carbocycles. The van der Waals surface area contributed by atoms with Gasteiger partial charge in [-0.1, -0.05) is 42.8 Å². The third-order valence-electron chi connectivity index (χ3n) is 5.73. The molecule has 5 N–H and O–H groups in total. The Morgan fingerprint density at radius 2 is 1.95 bits per heavy atom. The van der Waals surface area contributed by atoms with Crippen LogP contribution in [0.4, 0.5) is 13.2 Å². The van der Waals surface area contributed by atoms with E-state index in [1.54, 1.807) is 18.2 Å². The molecule has 0 bridgehead atoms. The number of halogens is 3. The van der Waals surface area contributed by atoms with Crippen molar-refractivity contribution in [3.8, 4) is 5.75 Å². The minimum absolute atomic E-state index is 0.00302. The molecule has 0 saturated carbocycles. The molecular weight excluding hydrogens is 503 g/mol. The number of likely N-dealkylation sites (N-methyl/N-ethyl adjacent to an activating group) is 1. The third-order valence-corrected chi connectivity index (χ3v) is 5.73. The Bertz CT molecular complexity index is 1240. The molecular formula is C26H30F3N5O4. The minimum atomic E-state index is -4.46. The second-order valence-corrected chi connectivity index (χ2v) is 8.85. The summed E-state index contributed by atoms with van der Waals surface area (Å²) >= 11 is 0. The van der Waals surface area contributed by atoms with Crippen LogP contribution in [0.5, 0.6) is 5.75 Å². The fraction of sp³-hybridized carbons (Fsp3) is 0.346. The molecule has 1 unspecified atom stereocenters. The van der Waals surface area contributed by atoms with Crippen LogP contribution in [-0.4, -0.2) is 60.7 Å². The Hall–Kier alpha value is -3.90. The summed E-state index contributed by atoms with van der Waals surface area (Å²) in [7, 11) is 1.30. The average Bonchev–Trinajstić information content (AvgIpc) is 2.85. The zero-order valence-corrected chi connectivity index (χ0v) is 21.2. The highest BCUT2D eigenvalue weighted by molar-refractivity contribution is 6.47. The summed E-state index contributed by atoms with van der Waals surface area (Å²) in [6.45, 7) is 2.06. The lowest BCUT2D eigenvalue weighted by Gasteiger charge is -2.27. The molecule has 0 aliphatic carbocycles. The largest absolute Gasteiger partial charge is 0.484 e. The lowest BCUT2D eigenvalue weighted by molar-refractivity contribution is -0.153. The van der Waals surface area contributed by atoms with E-state index < -0.39 is 30.6 Å². The van der Waals surface area contributed by atoms with Gasteiger partial charge in [0.15, 0.2) is 6.61 Å². The fourth-order valence-electron chi connectivity index (χ4n) is 3.90. The van der Waals surface area contributed by atoms with Gasteiger partial charge in [-0.25, -0.2) is 0 Å². The molecule has 9 nitrogen and oxygen atoms in total. The number of benzene rings is 2. The predicted octanol–water partition coefficient (Wildman–Crippen LogP) is 2.88. The van der Waals surface area contributed by atoms with Gasteiger partial charge >= 0.3 is 6.18 Å². The van der Waals surface area contributed by atoms with Crippen molar-refractivity contribution in [3.63, 3.8) is 0 Å². The summed E-state index contributed by atoms with van der Waals surface area (Å²) in [6, 6.07) is 11.1. The van der Waals surface area contributed by atoms with E-state index in [4.69, 9.17) is 10.5 Å². The quantitative estimate of drug-likeness (QED) is 0.367. The molecule has 204 valence electrons. The number of carbonyl (C=O) groups is 2. The standard InChI is InChI=1S/C26H30F3N5O4/c1-4-16-11-18(38-14-26(27,28)29)9-10-19(16)20-12-31-24(25(36)32-20)23(33-21(35)13-34(3)37)22(30)17-7-5-15(2)6-8-17/h5-11,20,37H,4,12-14,30H2,1-3H3,(H,32,36)(H,33,35). The summed E-state index contributed by atoms with van der Waals surface area (Å²) in [5.74, 6) is -1.13. The van der Waals surface area contributed by atoms with E-state index in [1.165, 1.54) is 19.2 Å². The number of nitrogens with two attached hydrogens (primary N) is 1. The first-order chi connectivity index (χ1) is 17.9. The lowest BCUT2D eigenvalue weighted by atomic mass is 9.96. The number of amides is 2. The van der Waals surface area contributed by atoms with E-state index in [2.05, 4.69) is 15.6 Å². The molecule has 1 atom stereocenters. The molecule has 0 fully saturated rings. The number of ether oxygens (including phenoxy) is 1. The second kappa shape index (κ2) is 12.1. The number of alkyl halides is 3. The zero-order valence-electron chi connectivity index (χ0n) is 21.2. The van der Waals surface area contributed by atoms with Crippen LogP contribution in [0.1, 0.15) is 35.2 Å². The van der Waals surface area contributed by atoms with Gasteiger partial charge in [-0.3, -0.25) is 14.6 Å². The number of aliphatic imine (C=N–C) groups is 1. The average molecular weight is 534 g/mol. The van der Waals surface area contributed by atoms with Crippen LogP contribution in [0.2, 0.25) is 0 Å². The van der Waals surface area contributed by atoms with Gasteiger partial charge in [-0.15, -0.1) is 0 Å². The van der Waals surface area contributed by atoms with Gasteiger partial charge in [0.1, 0.15) is 18.0 Å². The highest BCUT2D eigenvalue weighted by Gasteiger charge is 2.31. The number of aryl methyl sites for hydroxylation is 2. The van der Waals surface area contributed by atoms with Gasteiger partial charge in [0, 0.05) is 7.05 Å².